The van der Waals surface area contributed by atoms with Crippen LogP contribution in [0.25, 0.3) is 9.81 Å². The Hall–Kier alpha value is -1.77. The van der Waals surface area contributed by atoms with E-state index in [9.17, 15) is 5.11 Å². The first-order valence-corrected chi connectivity index (χ1v) is 7.05. The van der Waals surface area contributed by atoms with E-state index in [1.807, 2.05) is 48.6 Å². The van der Waals surface area contributed by atoms with Crippen LogP contribution in [-0.2, 0) is 0 Å². The van der Waals surface area contributed by atoms with Crippen molar-refractivity contribution in [3.63, 3.8) is 0 Å². The largest absolute Gasteiger partial charge is 0.385 e. The lowest BCUT2D eigenvalue weighted by Gasteiger charge is -2.18. The Kier molecular flexibility index (Phi) is 3.53. The van der Waals surface area contributed by atoms with E-state index in [4.69, 9.17) is 0 Å². The first-order chi connectivity index (χ1) is 9.33. The zero-order chi connectivity index (χ0) is 13.1. The van der Waals surface area contributed by atoms with Crippen molar-refractivity contribution in [3.05, 3.63) is 83.9 Å². The van der Waals surface area contributed by atoms with E-state index in [-0.39, 0.29) is 0 Å². The van der Waals surface area contributed by atoms with Crippen LogP contribution < -0.4 is 0 Å². The van der Waals surface area contributed by atoms with Crippen molar-refractivity contribution in [2.75, 3.05) is 0 Å². The van der Waals surface area contributed by atoms with Gasteiger partial charge < -0.3 is 5.11 Å². The van der Waals surface area contributed by atoms with E-state index in [1.54, 1.807) is 11.8 Å². The van der Waals surface area contributed by atoms with E-state index < -0.39 is 6.10 Å². The average Bonchev–Trinajstić information content (AvgIpc) is 2.48. The van der Waals surface area contributed by atoms with Crippen LogP contribution in [0.5, 0.6) is 0 Å². The highest BCUT2D eigenvalue weighted by Crippen LogP contribution is 2.42. The average molecular weight is 266 g/mol. The number of benzene rings is 2. The summed E-state index contributed by atoms with van der Waals surface area (Å²) >= 11 is 1.70. The highest BCUT2D eigenvalue weighted by Gasteiger charge is 2.15. The summed E-state index contributed by atoms with van der Waals surface area (Å²) in [6, 6.07) is 20.3. The molecule has 0 spiro atoms. The van der Waals surface area contributed by atoms with Crippen molar-refractivity contribution < 1.29 is 5.11 Å². The van der Waals surface area contributed by atoms with Gasteiger partial charge in [-0.1, -0.05) is 72.4 Å². The van der Waals surface area contributed by atoms with Gasteiger partial charge in [0.2, 0.25) is 0 Å². The van der Waals surface area contributed by atoms with Crippen LogP contribution in [0.1, 0.15) is 11.1 Å². The zero-order valence-electron chi connectivity index (χ0n) is 10.4. The Bertz CT molecular complexity index is 559. The minimum atomic E-state index is -0.522. The maximum absolute atomic E-state index is 10.0. The van der Waals surface area contributed by atoms with Gasteiger partial charge >= 0.3 is 0 Å². The van der Waals surface area contributed by atoms with Gasteiger partial charge in [-0.25, -0.2) is 0 Å². The second-order valence-electron chi connectivity index (χ2n) is 4.39. The summed E-state index contributed by atoms with van der Waals surface area (Å²) in [4.78, 5) is 2.21. The highest BCUT2D eigenvalue weighted by atomic mass is 32.2. The van der Waals surface area contributed by atoms with Crippen molar-refractivity contribution in [1.29, 1.82) is 0 Å². The molecule has 1 N–H and O–H groups in total. The molecule has 1 aliphatic rings. The topological polar surface area (TPSA) is 20.2 Å². The molecule has 2 aromatic rings. The molecule has 0 fully saturated rings. The van der Waals surface area contributed by atoms with Crippen molar-refractivity contribution in [3.8, 4) is 0 Å². The van der Waals surface area contributed by atoms with E-state index in [1.165, 1.54) is 0 Å². The number of rotatable bonds is 2. The van der Waals surface area contributed by atoms with Crippen LogP contribution in [0.15, 0.2) is 72.8 Å². The van der Waals surface area contributed by atoms with Gasteiger partial charge in [-0.2, -0.15) is 0 Å². The number of thioether (sulfide) groups is 1. The third-order valence-electron chi connectivity index (χ3n) is 2.98. The van der Waals surface area contributed by atoms with E-state index in [2.05, 4.69) is 24.3 Å². The fourth-order valence-corrected chi connectivity index (χ4v) is 3.22. The Morgan fingerprint density at radius 1 is 0.684 bits per heavy atom. The Balaban J connectivity index is 1.92. The lowest BCUT2D eigenvalue weighted by atomic mass is 10.1. The molecule has 0 saturated heterocycles. The van der Waals surface area contributed by atoms with Gasteiger partial charge in [0.15, 0.2) is 0 Å². The molecule has 1 heterocycles. The predicted octanol–water partition coefficient (Wildman–Crippen LogP) is 4.18. The van der Waals surface area contributed by atoms with E-state index in [0.29, 0.717) is 0 Å². The lowest BCUT2D eigenvalue weighted by Crippen LogP contribution is -2.03. The highest BCUT2D eigenvalue weighted by molar-refractivity contribution is 8.16. The molecule has 1 nitrogen and oxygen atoms in total. The molecule has 2 heteroatoms. The SMILES string of the molecule is OC1C=C(c2ccccc2)SC(c2ccccc2)=C1. The molecular weight excluding hydrogens is 252 g/mol. The minimum Gasteiger partial charge on any atom is -0.385 e. The van der Waals surface area contributed by atoms with Crippen LogP contribution in [0.3, 0.4) is 0 Å². The van der Waals surface area contributed by atoms with E-state index >= 15 is 0 Å². The second-order valence-corrected chi connectivity index (χ2v) is 5.47. The normalized spacial score (nSPS) is 15.8. The fraction of sp³-hybridized carbons (Fsp3) is 0.0588. The number of hydrogen-bond acceptors (Lipinski definition) is 2. The minimum absolute atomic E-state index is 0.522. The molecule has 0 unspecified atom stereocenters. The summed E-state index contributed by atoms with van der Waals surface area (Å²) in [5.74, 6) is 0. The van der Waals surface area contributed by atoms with Gasteiger partial charge in [-0.05, 0) is 23.3 Å². The number of aliphatic hydroxyl groups excluding tert-OH is 1. The third-order valence-corrected chi connectivity index (χ3v) is 4.16. The quantitative estimate of drug-likeness (QED) is 0.880. The molecule has 0 saturated carbocycles. The monoisotopic (exact) mass is 266 g/mol. The summed E-state index contributed by atoms with van der Waals surface area (Å²) in [6.07, 6.45) is 3.27. The standard InChI is InChI=1S/C17H14OS/c18-15-11-16(13-7-3-1-4-8-13)19-17(12-15)14-9-5-2-6-10-14/h1-12,15,18H. The Labute approximate surface area is 117 Å². The second kappa shape index (κ2) is 5.47. The van der Waals surface area contributed by atoms with Crippen molar-refractivity contribution in [1.82, 2.24) is 0 Å². The van der Waals surface area contributed by atoms with Gasteiger partial charge in [-0.15, -0.1) is 0 Å². The summed E-state index contributed by atoms with van der Waals surface area (Å²) in [5, 5.41) is 10.0. The molecule has 1 aliphatic heterocycles. The molecule has 19 heavy (non-hydrogen) atoms. The summed E-state index contributed by atoms with van der Waals surface area (Å²) < 4.78 is 0. The Morgan fingerprint density at radius 2 is 1.11 bits per heavy atom. The third kappa shape index (κ3) is 2.80. The molecule has 0 radical (unpaired) electrons. The smallest absolute Gasteiger partial charge is 0.0930 e. The number of hydrogen-bond donors (Lipinski definition) is 1. The summed E-state index contributed by atoms with van der Waals surface area (Å²) in [6.45, 7) is 0. The fourth-order valence-electron chi connectivity index (χ4n) is 2.06. The first-order valence-electron chi connectivity index (χ1n) is 6.23. The maximum Gasteiger partial charge on any atom is 0.0930 e. The lowest BCUT2D eigenvalue weighted by molar-refractivity contribution is 0.273. The van der Waals surface area contributed by atoms with Gasteiger partial charge in [0, 0.05) is 9.81 Å². The number of aliphatic hydroxyl groups is 1. The molecule has 0 aromatic heterocycles. The van der Waals surface area contributed by atoms with Crippen molar-refractivity contribution in [2.45, 2.75) is 6.10 Å². The van der Waals surface area contributed by atoms with Crippen LogP contribution in [0.2, 0.25) is 0 Å². The Morgan fingerprint density at radius 3 is 1.53 bits per heavy atom. The molecule has 0 atom stereocenters. The van der Waals surface area contributed by atoms with Gasteiger partial charge in [0.1, 0.15) is 0 Å². The van der Waals surface area contributed by atoms with Crippen LogP contribution >= 0.6 is 11.8 Å². The predicted molar refractivity (Wildman–Crippen MR) is 82.4 cm³/mol. The van der Waals surface area contributed by atoms with Gasteiger partial charge in [0.05, 0.1) is 6.10 Å². The molecule has 0 amide bonds. The molecular formula is C17H14OS. The summed E-state index contributed by atoms with van der Waals surface area (Å²) in [7, 11) is 0. The van der Waals surface area contributed by atoms with Crippen molar-refractivity contribution >= 4 is 21.6 Å². The molecule has 0 bridgehead atoms. The van der Waals surface area contributed by atoms with Gasteiger partial charge in [0.25, 0.3) is 0 Å². The molecule has 3 rings (SSSR count). The van der Waals surface area contributed by atoms with Crippen LogP contribution in [0, 0.1) is 0 Å². The van der Waals surface area contributed by atoms with Crippen molar-refractivity contribution in [2.24, 2.45) is 0 Å². The van der Waals surface area contributed by atoms with Gasteiger partial charge in [-0.3, -0.25) is 0 Å². The first kappa shape index (κ1) is 12.3. The molecule has 94 valence electrons. The molecule has 2 aromatic carbocycles. The van der Waals surface area contributed by atoms with Crippen LogP contribution in [0.4, 0.5) is 0 Å². The molecule has 0 aliphatic carbocycles. The maximum atomic E-state index is 10.0. The summed E-state index contributed by atoms with van der Waals surface area (Å²) in [5.41, 5.74) is 2.29. The zero-order valence-corrected chi connectivity index (χ0v) is 11.2. The van der Waals surface area contributed by atoms with Crippen LogP contribution in [-0.4, -0.2) is 11.2 Å². The van der Waals surface area contributed by atoms with E-state index in [0.717, 1.165) is 20.9 Å².